The molecular formula is C52H68N2O9. The summed E-state index contributed by atoms with van der Waals surface area (Å²) in [7, 11) is 1.44. The van der Waals surface area contributed by atoms with E-state index in [-0.39, 0.29) is 65.2 Å². The number of aliphatic hydroxyl groups is 3. The van der Waals surface area contributed by atoms with Gasteiger partial charge in [0.15, 0.2) is 11.5 Å². The van der Waals surface area contributed by atoms with Crippen molar-refractivity contribution in [2.45, 2.75) is 126 Å². The third-order valence-corrected chi connectivity index (χ3v) is 14.9. The van der Waals surface area contributed by atoms with Crippen LogP contribution in [0.2, 0.25) is 0 Å². The Balaban J connectivity index is 1.07. The first-order valence-corrected chi connectivity index (χ1v) is 23.4. The second-order valence-electron chi connectivity index (χ2n) is 18.5. The third kappa shape index (κ3) is 9.84. The predicted molar refractivity (Wildman–Crippen MR) is 242 cm³/mol. The Morgan fingerprint density at radius 3 is 2.52 bits per heavy atom. The van der Waals surface area contributed by atoms with Crippen LogP contribution in [0.4, 0.5) is 0 Å². The van der Waals surface area contributed by atoms with Gasteiger partial charge in [-0.2, -0.15) is 0 Å². The van der Waals surface area contributed by atoms with Crippen LogP contribution in [-0.2, 0) is 28.9 Å². The molecule has 11 nitrogen and oxygen atoms in total. The number of H-pyrrole nitrogens is 1. The SMILES string of the molecule is CCOCCCN[C@@H]1C=C[C@@H]2[C@H](CC[C@H]([C@H](O)CCc3ccccc3)[C@H]2c2cc([C@@H]3CC[C@H]4[C@H](C3)O[C@H](c3c(CO)c(O)c(O)c(OC)c3Cc3cc[nH]c3)C[C@@H]4O)ccc2O)C1. The fourth-order valence-corrected chi connectivity index (χ4v) is 11.8. The Labute approximate surface area is 372 Å². The molecule has 2 saturated carbocycles. The third-order valence-electron chi connectivity index (χ3n) is 14.9. The molecule has 340 valence electrons. The van der Waals surface area contributed by atoms with E-state index in [4.69, 9.17) is 14.2 Å². The van der Waals surface area contributed by atoms with Crippen molar-refractivity contribution in [1.82, 2.24) is 10.3 Å². The van der Waals surface area contributed by atoms with E-state index in [2.05, 4.69) is 40.7 Å². The molecule has 0 amide bonds. The summed E-state index contributed by atoms with van der Waals surface area (Å²) >= 11 is 0. The van der Waals surface area contributed by atoms with Crippen molar-refractivity contribution >= 4 is 0 Å². The maximum absolute atomic E-state index is 12.0. The van der Waals surface area contributed by atoms with E-state index < -0.39 is 36.4 Å². The fourth-order valence-electron chi connectivity index (χ4n) is 11.8. The molecule has 11 heteroatoms. The number of benzene rings is 3. The van der Waals surface area contributed by atoms with Crippen LogP contribution in [0, 0.1) is 23.7 Å². The minimum absolute atomic E-state index is 0.0234. The van der Waals surface area contributed by atoms with Crippen LogP contribution >= 0.6 is 0 Å². The Bertz CT molecular complexity index is 2130. The number of aromatic amines is 1. The van der Waals surface area contributed by atoms with Gasteiger partial charge in [-0.15, -0.1) is 0 Å². The molecule has 2 heterocycles. The molecule has 1 aromatic heterocycles. The molecule has 1 aliphatic heterocycles. The number of phenolic OH excluding ortho intramolecular Hbond substituents is 2. The van der Waals surface area contributed by atoms with Gasteiger partial charge in [-0.1, -0.05) is 54.6 Å². The highest BCUT2D eigenvalue weighted by atomic mass is 16.5. The first-order valence-electron chi connectivity index (χ1n) is 23.4. The number of aryl methyl sites for hydroxylation is 1. The average Bonchev–Trinajstić information content (AvgIpc) is 3.82. The number of nitrogens with one attached hydrogen (secondary N) is 2. The van der Waals surface area contributed by atoms with E-state index in [0.717, 1.165) is 81.4 Å². The number of methoxy groups -OCH3 is 1. The molecule has 8 N–H and O–H groups in total. The Morgan fingerprint density at radius 1 is 0.921 bits per heavy atom. The number of allylic oxidation sites excluding steroid dienone is 1. The maximum atomic E-state index is 12.0. The Hall–Kier alpha value is -4.36. The standard InChI is InChI=1S/C52H68N2O9/c1-3-62-23-7-21-54-36-14-17-37-35(25-36)12-16-39(43(56)18-10-31-8-5-4-6-9-31)48(37)40-26-33(13-19-44(40)57)34-11-15-38-45(58)28-47(63-46(38)27-34)49-41(24-32-20-22-53-29-32)52(61-2)51(60)50(59)42(49)30-55/h4-6,8-9,13-14,17,19-20,22,26,29,34-39,43,45-48,53-60H,3,7,10-12,15-16,18,21,23-25,27-28,30H2,1-2H3/t34-,35-,36-,37-,38-,39-,43-,45+,46+,47+,48+/m1/s1. The summed E-state index contributed by atoms with van der Waals surface area (Å²) in [6.45, 7) is 3.86. The molecule has 0 spiro atoms. The van der Waals surface area contributed by atoms with Gasteiger partial charge in [0, 0.05) is 61.5 Å². The van der Waals surface area contributed by atoms with Crippen molar-refractivity contribution in [2.24, 2.45) is 23.7 Å². The second kappa shape index (κ2) is 20.6. The Kier molecular flexibility index (Phi) is 14.8. The van der Waals surface area contributed by atoms with Gasteiger partial charge in [0.25, 0.3) is 0 Å². The summed E-state index contributed by atoms with van der Waals surface area (Å²) in [5, 5.41) is 72.1. The first kappa shape index (κ1) is 45.2. The lowest BCUT2D eigenvalue weighted by atomic mass is 9.59. The van der Waals surface area contributed by atoms with Crippen LogP contribution in [-0.4, -0.2) is 86.8 Å². The van der Waals surface area contributed by atoms with E-state index in [9.17, 15) is 30.6 Å². The van der Waals surface area contributed by atoms with Gasteiger partial charge in [-0.05, 0) is 141 Å². The lowest BCUT2D eigenvalue weighted by Gasteiger charge is -2.47. The molecule has 4 aliphatic rings. The number of aromatic nitrogens is 1. The molecule has 0 bridgehead atoms. The van der Waals surface area contributed by atoms with Gasteiger partial charge in [-0.3, -0.25) is 0 Å². The first-order chi connectivity index (χ1) is 30.7. The van der Waals surface area contributed by atoms with Crippen molar-refractivity contribution in [3.05, 3.63) is 118 Å². The summed E-state index contributed by atoms with van der Waals surface area (Å²) in [5.41, 5.74) is 5.43. The molecule has 63 heavy (non-hydrogen) atoms. The van der Waals surface area contributed by atoms with Gasteiger partial charge >= 0.3 is 0 Å². The summed E-state index contributed by atoms with van der Waals surface area (Å²) in [6.07, 6.45) is 14.3. The molecule has 3 fully saturated rings. The summed E-state index contributed by atoms with van der Waals surface area (Å²) < 4.78 is 18.2. The van der Waals surface area contributed by atoms with E-state index in [1.807, 2.05) is 55.7 Å². The van der Waals surface area contributed by atoms with Crippen LogP contribution in [0.15, 0.2) is 79.1 Å². The molecule has 1 saturated heterocycles. The largest absolute Gasteiger partial charge is 0.508 e. The quantitative estimate of drug-likeness (QED) is 0.0294. The van der Waals surface area contributed by atoms with E-state index in [1.165, 1.54) is 12.7 Å². The lowest BCUT2D eigenvalue weighted by molar-refractivity contribution is -0.154. The zero-order valence-corrected chi connectivity index (χ0v) is 36.9. The Morgan fingerprint density at radius 2 is 1.76 bits per heavy atom. The van der Waals surface area contributed by atoms with Crippen molar-refractivity contribution in [1.29, 1.82) is 0 Å². The molecule has 3 aliphatic carbocycles. The number of phenols is 3. The highest BCUT2D eigenvalue weighted by Gasteiger charge is 2.47. The van der Waals surface area contributed by atoms with Crippen LogP contribution < -0.4 is 10.1 Å². The number of rotatable bonds is 17. The number of aromatic hydroxyl groups is 3. The van der Waals surface area contributed by atoms with Gasteiger partial charge in [0.05, 0.1) is 38.1 Å². The molecule has 0 radical (unpaired) electrons. The zero-order chi connectivity index (χ0) is 44.0. The van der Waals surface area contributed by atoms with Crippen molar-refractivity contribution in [3.63, 3.8) is 0 Å². The number of hydrogen-bond acceptors (Lipinski definition) is 10. The summed E-state index contributed by atoms with van der Waals surface area (Å²) in [6, 6.07) is 18.6. The molecule has 3 aromatic carbocycles. The second-order valence-corrected chi connectivity index (χ2v) is 18.5. The minimum atomic E-state index is -0.683. The number of hydrogen-bond donors (Lipinski definition) is 8. The zero-order valence-electron chi connectivity index (χ0n) is 36.9. The van der Waals surface area contributed by atoms with E-state index in [1.54, 1.807) is 0 Å². The smallest absolute Gasteiger partial charge is 0.201 e. The van der Waals surface area contributed by atoms with Crippen LogP contribution in [0.1, 0.15) is 122 Å². The minimum Gasteiger partial charge on any atom is -0.508 e. The molecule has 11 atom stereocenters. The van der Waals surface area contributed by atoms with Crippen molar-refractivity contribution in [2.75, 3.05) is 26.9 Å². The molecule has 8 rings (SSSR count). The van der Waals surface area contributed by atoms with Gasteiger partial charge in [0.1, 0.15) is 5.75 Å². The summed E-state index contributed by atoms with van der Waals surface area (Å²) in [4.78, 5) is 3.07. The van der Waals surface area contributed by atoms with Crippen molar-refractivity contribution < 1.29 is 44.8 Å². The topological polar surface area (TPSA) is 177 Å². The fraction of sp³-hybridized carbons (Fsp3) is 0.538. The summed E-state index contributed by atoms with van der Waals surface area (Å²) in [5.74, 6) is -0.0159. The monoisotopic (exact) mass is 864 g/mol. The van der Waals surface area contributed by atoms with Crippen LogP contribution in [0.5, 0.6) is 23.0 Å². The van der Waals surface area contributed by atoms with E-state index >= 15 is 0 Å². The predicted octanol–water partition coefficient (Wildman–Crippen LogP) is 8.06. The van der Waals surface area contributed by atoms with Gasteiger partial charge in [-0.25, -0.2) is 0 Å². The van der Waals surface area contributed by atoms with Crippen LogP contribution in [0.25, 0.3) is 0 Å². The number of fused-ring (bicyclic) bond motifs is 2. The highest BCUT2D eigenvalue weighted by molar-refractivity contribution is 5.64. The molecule has 4 aromatic rings. The van der Waals surface area contributed by atoms with Crippen LogP contribution in [0.3, 0.4) is 0 Å². The number of aliphatic hydroxyl groups excluding tert-OH is 3. The maximum Gasteiger partial charge on any atom is 0.201 e. The van der Waals surface area contributed by atoms with Gasteiger partial charge < -0.3 is 55.2 Å². The molecule has 0 unspecified atom stereocenters. The highest BCUT2D eigenvalue weighted by Crippen LogP contribution is 2.55. The normalized spacial score (nSPS) is 28.6. The van der Waals surface area contributed by atoms with Gasteiger partial charge in [0.2, 0.25) is 5.75 Å². The lowest BCUT2D eigenvalue weighted by Crippen LogP contribution is -2.44. The molecular weight excluding hydrogens is 797 g/mol. The van der Waals surface area contributed by atoms with E-state index in [0.29, 0.717) is 36.3 Å². The number of ether oxygens (including phenoxy) is 3. The average molecular weight is 865 g/mol. The van der Waals surface area contributed by atoms with Crippen molar-refractivity contribution in [3.8, 4) is 23.0 Å².